The molecule has 3 unspecified atom stereocenters. The molecule has 5 aliphatic rings. The molecule has 0 aliphatic heterocycles. The highest BCUT2D eigenvalue weighted by atomic mass is 19.1. The van der Waals surface area contributed by atoms with E-state index in [1.165, 1.54) is 29.8 Å². The van der Waals surface area contributed by atoms with Crippen molar-refractivity contribution >= 4 is 16.8 Å². The number of pyridine rings is 1. The Morgan fingerprint density at radius 2 is 1.71 bits per heavy atom. The Bertz CT molecular complexity index is 1310. The van der Waals surface area contributed by atoms with Gasteiger partial charge in [-0.2, -0.15) is 0 Å². The van der Waals surface area contributed by atoms with Crippen molar-refractivity contribution in [3.63, 3.8) is 0 Å². The molecule has 0 saturated heterocycles. The lowest BCUT2D eigenvalue weighted by molar-refractivity contribution is -0.142. The van der Waals surface area contributed by atoms with E-state index in [2.05, 4.69) is 17.2 Å². The molecule has 3 atom stereocenters. The minimum atomic E-state index is -0.295. The van der Waals surface area contributed by atoms with Crippen molar-refractivity contribution in [1.82, 2.24) is 10.3 Å². The van der Waals surface area contributed by atoms with E-state index in [4.69, 9.17) is 4.74 Å². The molecule has 1 heterocycles. The minimum absolute atomic E-state index is 0.00222. The summed E-state index contributed by atoms with van der Waals surface area (Å²) >= 11 is 0. The summed E-state index contributed by atoms with van der Waals surface area (Å²) in [5, 5.41) is 4.07. The topological polar surface area (TPSA) is 51.2 Å². The Balaban J connectivity index is 0.936. The van der Waals surface area contributed by atoms with E-state index in [0.717, 1.165) is 37.6 Å². The second-order valence-electron chi connectivity index (χ2n) is 11.5. The van der Waals surface area contributed by atoms with Gasteiger partial charge in [0.2, 0.25) is 5.91 Å². The van der Waals surface area contributed by atoms with Crippen LogP contribution in [0.4, 0.5) is 8.78 Å². The fraction of sp³-hybridized carbons (Fsp3) is 0.448. The molecule has 0 radical (unpaired) electrons. The van der Waals surface area contributed by atoms with Crippen LogP contribution in [0.2, 0.25) is 0 Å². The number of fused-ring (bicyclic) bond motifs is 2. The minimum Gasteiger partial charge on any atom is -0.490 e. The number of hydrogen-bond acceptors (Lipinski definition) is 3. The fourth-order valence-electron chi connectivity index (χ4n) is 7.64. The summed E-state index contributed by atoms with van der Waals surface area (Å²) in [6.45, 7) is 2.06. The Kier molecular flexibility index (Phi) is 4.41. The van der Waals surface area contributed by atoms with Crippen LogP contribution in [-0.4, -0.2) is 22.5 Å². The lowest BCUT2D eigenvalue weighted by Crippen LogP contribution is -2.77. The van der Waals surface area contributed by atoms with E-state index in [1.54, 1.807) is 12.3 Å². The molecule has 0 spiro atoms. The molecule has 1 N–H and O–H groups in total. The zero-order valence-electron chi connectivity index (χ0n) is 19.6. The average molecular weight is 475 g/mol. The summed E-state index contributed by atoms with van der Waals surface area (Å²) in [4.78, 5) is 17.4. The van der Waals surface area contributed by atoms with Gasteiger partial charge in [-0.05, 0) is 91.8 Å². The van der Waals surface area contributed by atoms with Gasteiger partial charge in [0, 0.05) is 28.5 Å². The predicted octanol–water partition coefficient (Wildman–Crippen LogP) is 5.54. The number of rotatable bonds is 6. The van der Waals surface area contributed by atoms with E-state index in [-0.39, 0.29) is 40.5 Å². The number of nitrogens with zero attached hydrogens (tertiary/aromatic N) is 1. The maximum Gasteiger partial charge on any atom is 0.223 e. The molecule has 180 valence electrons. The van der Waals surface area contributed by atoms with Gasteiger partial charge in [0.15, 0.2) is 0 Å². The first kappa shape index (κ1) is 21.3. The lowest BCUT2D eigenvalue weighted by Gasteiger charge is -2.71. The third-order valence-corrected chi connectivity index (χ3v) is 9.29. The van der Waals surface area contributed by atoms with Gasteiger partial charge in [-0.1, -0.05) is 19.1 Å². The van der Waals surface area contributed by atoms with Gasteiger partial charge in [-0.25, -0.2) is 8.78 Å². The smallest absolute Gasteiger partial charge is 0.223 e. The van der Waals surface area contributed by atoms with Crippen LogP contribution in [0, 0.1) is 35.3 Å². The van der Waals surface area contributed by atoms with Crippen LogP contribution in [0.25, 0.3) is 10.9 Å². The maximum atomic E-state index is 13.8. The van der Waals surface area contributed by atoms with E-state index in [9.17, 15) is 13.6 Å². The van der Waals surface area contributed by atoms with E-state index in [1.807, 2.05) is 18.2 Å². The normalized spacial score (nSPS) is 34.9. The lowest BCUT2D eigenvalue weighted by atomic mass is 9.37. The Morgan fingerprint density at radius 3 is 2.43 bits per heavy atom. The molecule has 8 rings (SSSR count). The number of amides is 1. The average Bonchev–Trinajstić information content (AvgIpc) is 3.30. The van der Waals surface area contributed by atoms with Crippen molar-refractivity contribution in [3.05, 3.63) is 71.9 Å². The first-order valence-electron chi connectivity index (χ1n) is 12.6. The molecule has 2 aromatic carbocycles. The molecule has 1 amide bonds. The van der Waals surface area contributed by atoms with Crippen molar-refractivity contribution in [2.45, 2.75) is 56.1 Å². The molecule has 5 fully saturated rings. The molecule has 1 aromatic heterocycles. The van der Waals surface area contributed by atoms with E-state index in [0.29, 0.717) is 28.9 Å². The van der Waals surface area contributed by atoms with E-state index >= 15 is 0 Å². The SMILES string of the molecule is CC(C(=O)NC12CC(c3ccc(F)cc3)(C1)C2)C1C2CC(Oc3ccnc4ccc(F)cc34)CC21. The van der Waals surface area contributed by atoms with Gasteiger partial charge in [0.1, 0.15) is 17.4 Å². The number of nitrogens with one attached hydrogen (secondary N) is 1. The second-order valence-corrected chi connectivity index (χ2v) is 11.5. The number of hydrogen-bond donors (Lipinski definition) is 1. The third-order valence-electron chi connectivity index (χ3n) is 9.29. The summed E-state index contributed by atoms with van der Waals surface area (Å²) in [5.41, 5.74) is 1.98. The van der Waals surface area contributed by atoms with Gasteiger partial charge in [-0.15, -0.1) is 0 Å². The fourth-order valence-corrected chi connectivity index (χ4v) is 7.64. The van der Waals surface area contributed by atoms with Crippen molar-refractivity contribution in [1.29, 1.82) is 0 Å². The summed E-state index contributed by atoms with van der Waals surface area (Å²) in [6, 6.07) is 13.2. The molecule has 6 heteroatoms. The highest BCUT2D eigenvalue weighted by Gasteiger charge is 2.69. The van der Waals surface area contributed by atoms with Crippen molar-refractivity contribution in [3.8, 4) is 5.75 Å². The van der Waals surface area contributed by atoms with Crippen LogP contribution in [0.1, 0.15) is 44.6 Å². The van der Waals surface area contributed by atoms with Crippen LogP contribution in [0.15, 0.2) is 54.7 Å². The zero-order chi connectivity index (χ0) is 23.9. The van der Waals surface area contributed by atoms with Gasteiger partial charge >= 0.3 is 0 Å². The molecule has 5 saturated carbocycles. The second kappa shape index (κ2) is 7.25. The summed E-state index contributed by atoms with van der Waals surface area (Å²) in [5.74, 6) is 1.80. The van der Waals surface area contributed by atoms with Gasteiger partial charge in [0.05, 0.1) is 11.6 Å². The number of aromatic nitrogens is 1. The molecule has 3 aromatic rings. The Labute approximate surface area is 203 Å². The van der Waals surface area contributed by atoms with Crippen molar-refractivity contribution in [2.75, 3.05) is 0 Å². The predicted molar refractivity (Wildman–Crippen MR) is 128 cm³/mol. The van der Waals surface area contributed by atoms with Crippen LogP contribution in [-0.2, 0) is 10.2 Å². The zero-order valence-corrected chi connectivity index (χ0v) is 19.6. The number of carbonyl (C=O) groups excluding carboxylic acids is 1. The van der Waals surface area contributed by atoms with Crippen LogP contribution >= 0.6 is 0 Å². The van der Waals surface area contributed by atoms with Gasteiger partial charge < -0.3 is 10.1 Å². The highest BCUT2D eigenvalue weighted by molar-refractivity contribution is 5.84. The summed E-state index contributed by atoms with van der Waals surface area (Å²) in [6.07, 6.45) is 6.54. The monoisotopic (exact) mass is 474 g/mol. The number of benzene rings is 2. The first-order valence-corrected chi connectivity index (χ1v) is 12.6. The van der Waals surface area contributed by atoms with Crippen molar-refractivity contribution in [2.24, 2.45) is 23.7 Å². The quantitative estimate of drug-likeness (QED) is 0.510. The maximum absolute atomic E-state index is 13.8. The van der Waals surface area contributed by atoms with Crippen LogP contribution in [0.3, 0.4) is 0 Å². The highest BCUT2D eigenvalue weighted by Crippen LogP contribution is 2.68. The van der Waals surface area contributed by atoms with Gasteiger partial charge in [0.25, 0.3) is 0 Å². The van der Waals surface area contributed by atoms with Gasteiger partial charge in [-0.3, -0.25) is 9.78 Å². The summed E-state index contributed by atoms with van der Waals surface area (Å²) in [7, 11) is 0. The molecule has 5 aliphatic carbocycles. The number of ether oxygens (including phenoxy) is 1. The molecule has 35 heavy (non-hydrogen) atoms. The van der Waals surface area contributed by atoms with Crippen molar-refractivity contribution < 1.29 is 18.3 Å². The largest absolute Gasteiger partial charge is 0.490 e. The Hall–Kier alpha value is -3.02. The molecule has 4 nitrogen and oxygen atoms in total. The standard InChI is InChI=1S/C29H28F2N2O2/c1-16(27(34)33-29-13-28(14-29,15-29)17-2-4-18(30)5-3-17)26-21-11-20(12-22(21)26)35-25-8-9-32-24-7-6-19(31)10-23(24)25/h2-10,16,20-22,26H,11-15H2,1H3,(H,33,34). The number of halogens is 2. The molecule has 2 bridgehead atoms. The van der Waals surface area contributed by atoms with Crippen LogP contribution in [0.5, 0.6) is 5.75 Å². The van der Waals surface area contributed by atoms with Crippen LogP contribution < -0.4 is 10.1 Å². The molecular formula is C29H28F2N2O2. The van der Waals surface area contributed by atoms with E-state index < -0.39 is 0 Å². The Morgan fingerprint density at radius 1 is 1.03 bits per heavy atom. The first-order chi connectivity index (χ1) is 16.8. The number of carbonyl (C=O) groups is 1. The molecular weight excluding hydrogens is 446 g/mol. The third kappa shape index (κ3) is 3.29. The summed E-state index contributed by atoms with van der Waals surface area (Å²) < 4.78 is 33.3.